The van der Waals surface area contributed by atoms with E-state index in [0.29, 0.717) is 64.6 Å². The lowest BCUT2D eigenvalue weighted by molar-refractivity contribution is 0.0513. The lowest BCUT2D eigenvalue weighted by Gasteiger charge is -2.19. The fourth-order valence-electron chi connectivity index (χ4n) is 6.60. The van der Waals surface area contributed by atoms with Crippen molar-refractivity contribution in [2.45, 2.75) is 89.8 Å². The number of rotatable bonds is 12. The highest BCUT2D eigenvalue weighted by Gasteiger charge is 2.42. The van der Waals surface area contributed by atoms with Crippen LogP contribution in [0.2, 0.25) is 15.1 Å². The summed E-state index contributed by atoms with van der Waals surface area (Å²) >= 11 is 21.0. The summed E-state index contributed by atoms with van der Waals surface area (Å²) in [5.74, 6) is 11.4. The Morgan fingerprint density at radius 3 is 1.41 bits per heavy atom. The minimum absolute atomic E-state index is 0. The summed E-state index contributed by atoms with van der Waals surface area (Å²) in [6.07, 6.45) is 17.4. The number of alkyl halides is 1. The zero-order chi connectivity index (χ0) is 46.9. The molecule has 3 aliphatic rings. The minimum atomic E-state index is -0.490. The van der Waals surface area contributed by atoms with Crippen molar-refractivity contribution in [1.29, 1.82) is 0 Å². The van der Waals surface area contributed by atoms with Gasteiger partial charge >= 0.3 is 12.2 Å². The van der Waals surface area contributed by atoms with Crippen molar-refractivity contribution >= 4 is 75.3 Å². The van der Waals surface area contributed by atoms with E-state index in [0.717, 1.165) is 52.5 Å². The molecule has 348 valence electrons. The van der Waals surface area contributed by atoms with Crippen LogP contribution in [-0.4, -0.2) is 66.7 Å². The van der Waals surface area contributed by atoms with Crippen LogP contribution >= 0.6 is 63.1 Å². The number of phenols is 1. The van der Waals surface area contributed by atoms with Crippen LogP contribution in [0.3, 0.4) is 0 Å². The number of amides is 2. The number of hydrogen-bond donors (Lipinski definition) is 4. The van der Waals surface area contributed by atoms with Gasteiger partial charge in [-0.05, 0) is 174 Å². The fourth-order valence-corrected chi connectivity index (χ4v) is 7.14. The van der Waals surface area contributed by atoms with Gasteiger partial charge in [0.2, 0.25) is 0 Å². The second-order valence-electron chi connectivity index (χ2n) is 17.2. The van der Waals surface area contributed by atoms with Gasteiger partial charge in [0.25, 0.3) is 0 Å². The van der Waals surface area contributed by atoms with Crippen molar-refractivity contribution in [3.8, 4) is 54.3 Å². The number of alkyl carbamates (subject to hydrolysis) is 2. The third kappa shape index (κ3) is 20.4. The average Bonchev–Trinajstić information content (AvgIpc) is 4.11. The lowest BCUT2D eigenvalue weighted by atomic mass is 10.1. The molecule has 6 atom stereocenters. The first-order valence-electron chi connectivity index (χ1n) is 20.6. The molecule has 0 bridgehead atoms. The predicted octanol–water partition coefficient (Wildman–Crippen LogP) is 11.5. The molecule has 5 N–H and O–H groups in total. The highest BCUT2D eigenvalue weighted by Crippen LogP contribution is 2.52. The van der Waals surface area contributed by atoms with Gasteiger partial charge in [-0.2, -0.15) is 0 Å². The standard InChI is InChI=1S/C18H22ClNO3.C15H20ClNO3.C13H14ClNO.C3H3Br.ClH/c1-5-8-22-16-7-6-13(19)10-15(16)14-9-12(14)11-20-17(21)23-18(2,3)4;1-15(2,3)20-14(19)17-8-9-6-11(9)12-7-10(16)4-5-13(12)18;1-2-5-16-13-4-3-10(14)7-12(13)11-6-9(11)8-15;1-2-3-4;/h1,6-7,10,12,14H,8-9,11H2,2-4H3,(H,20,21);4-5,7,9,11,18H,6,8H2,1-3H3,(H,17,19);1,3-4,7,9,11H,5-6,8,15H2;1H,3H2;1H. The van der Waals surface area contributed by atoms with Gasteiger partial charge in [-0.15, -0.1) is 31.7 Å². The van der Waals surface area contributed by atoms with Gasteiger partial charge in [0.15, 0.2) is 0 Å². The Bertz CT molecular complexity index is 2120. The highest BCUT2D eigenvalue weighted by molar-refractivity contribution is 9.09. The number of nitrogens with two attached hydrogens (primary N) is 1. The average molecular weight is 1020 g/mol. The summed E-state index contributed by atoms with van der Waals surface area (Å²) in [7, 11) is 0. The number of halogens is 5. The molecule has 6 rings (SSSR count). The Morgan fingerprint density at radius 1 is 0.688 bits per heavy atom. The first-order chi connectivity index (χ1) is 29.7. The molecule has 0 heterocycles. The predicted molar refractivity (Wildman–Crippen MR) is 265 cm³/mol. The number of nitrogens with one attached hydrogen (secondary N) is 2. The number of benzene rings is 3. The lowest BCUT2D eigenvalue weighted by Crippen LogP contribution is -2.33. The van der Waals surface area contributed by atoms with E-state index in [9.17, 15) is 14.7 Å². The first-order valence-corrected chi connectivity index (χ1v) is 22.8. The molecular weight excluding hydrogens is 964 g/mol. The molecule has 0 radical (unpaired) electrons. The van der Waals surface area contributed by atoms with Gasteiger partial charge in [-0.25, -0.2) is 9.59 Å². The van der Waals surface area contributed by atoms with E-state index in [4.69, 9.17) is 78.8 Å². The van der Waals surface area contributed by atoms with Crippen LogP contribution in [0.4, 0.5) is 9.59 Å². The normalized spacial score (nSPS) is 19.7. The molecule has 0 saturated heterocycles. The molecular formula is C49H60BrCl4N3O7. The number of carbonyl (C=O) groups is 2. The Labute approximate surface area is 409 Å². The van der Waals surface area contributed by atoms with Gasteiger partial charge in [0, 0.05) is 28.2 Å². The zero-order valence-electron chi connectivity index (χ0n) is 37.2. The van der Waals surface area contributed by atoms with Gasteiger partial charge < -0.3 is 40.4 Å². The van der Waals surface area contributed by atoms with Crippen molar-refractivity contribution in [2.24, 2.45) is 23.5 Å². The summed E-state index contributed by atoms with van der Waals surface area (Å²) in [6.45, 7) is 13.4. The molecule has 0 spiro atoms. The largest absolute Gasteiger partial charge is 0.508 e. The number of ether oxygens (including phenoxy) is 4. The molecule has 10 nitrogen and oxygen atoms in total. The van der Waals surface area contributed by atoms with Crippen LogP contribution in [-0.2, 0) is 9.47 Å². The van der Waals surface area contributed by atoms with Crippen molar-refractivity contribution in [3.05, 3.63) is 86.4 Å². The summed E-state index contributed by atoms with van der Waals surface area (Å²) in [5.41, 5.74) is 7.70. The van der Waals surface area contributed by atoms with Gasteiger partial charge in [-0.1, -0.05) is 68.5 Å². The van der Waals surface area contributed by atoms with Crippen LogP contribution in [0.15, 0.2) is 54.6 Å². The molecule has 3 saturated carbocycles. The van der Waals surface area contributed by atoms with Crippen molar-refractivity contribution < 1.29 is 33.6 Å². The van der Waals surface area contributed by atoms with Crippen LogP contribution in [0.5, 0.6) is 17.2 Å². The molecule has 3 aromatic carbocycles. The van der Waals surface area contributed by atoms with Gasteiger partial charge in [-0.3, -0.25) is 0 Å². The van der Waals surface area contributed by atoms with E-state index in [1.54, 1.807) is 24.3 Å². The topological polar surface area (TPSA) is 141 Å². The van der Waals surface area contributed by atoms with Crippen LogP contribution in [0.25, 0.3) is 0 Å². The van der Waals surface area contributed by atoms with E-state index in [2.05, 4.69) is 44.3 Å². The molecule has 3 aliphatic carbocycles. The molecule has 6 unspecified atom stereocenters. The second kappa shape index (κ2) is 26.7. The van der Waals surface area contributed by atoms with E-state index in [1.807, 2.05) is 71.9 Å². The van der Waals surface area contributed by atoms with E-state index < -0.39 is 23.4 Å². The SMILES string of the molecule is C#CCBr.C#CCOc1ccc(Cl)cc1C1CC1CN.C#CCOc1ccc(Cl)cc1C1CC1CNC(=O)OC(C)(C)C.CC(C)(C)OC(=O)NCC1CC1c1cc(Cl)ccc1O.Cl. The number of terminal acetylenes is 3. The quantitative estimate of drug-likeness (QED) is 0.104. The molecule has 0 aromatic heterocycles. The Balaban J connectivity index is 0.000000318. The highest BCUT2D eigenvalue weighted by atomic mass is 79.9. The zero-order valence-corrected chi connectivity index (χ0v) is 41.8. The Hall–Kier alpha value is -4.12. The maximum atomic E-state index is 11.7. The smallest absolute Gasteiger partial charge is 0.407 e. The third-order valence-electron chi connectivity index (χ3n) is 9.72. The number of aromatic hydroxyl groups is 1. The Kier molecular flexibility index (Phi) is 23.4. The number of phenolic OH excluding ortho intramolecular Hbond substituents is 1. The van der Waals surface area contributed by atoms with Crippen LogP contribution in [0, 0.1) is 54.8 Å². The van der Waals surface area contributed by atoms with Crippen LogP contribution in [0.1, 0.15) is 95.2 Å². The monoisotopic (exact) mass is 1020 g/mol. The minimum Gasteiger partial charge on any atom is -0.508 e. The van der Waals surface area contributed by atoms with Crippen molar-refractivity contribution in [2.75, 3.05) is 38.2 Å². The summed E-state index contributed by atoms with van der Waals surface area (Å²) in [4.78, 5) is 23.2. The summed E-state index contributed by atoms with van der Waals surface area (Å²) < 4.78 is 21.5. The van der Waals surface area contributed by atoms with E-state index in [1.165, 1.54) is 0 Å². The molecule has 3 aromatic rings. The van der Waals surface area contributed by atoms with Crippen molar-refractivity contribution in [3.63, 3.8) is 0 Å². The number of carbonyl (C=O) groups excluding carboxylic acids is 2. The fraction of sp³-hybridized carbons (Fsp3) is 0.469. The summed E-state index contributed by atoms with van der Waals surface area (Å²) in [5, 5.41) is 18.1. The molecule has 15 heteroatoms. The van der Waals surface area contributed by atoms with E-state index >= 15 is 0 Å². The van der Waals surface area contributed by atoms with Crippen molar-refractivity contribution in [1.82, 2.24) is 10.6 Å². The van der Waals surface area contributed by atoms with E-state index in [-0.39, 0.29) is 37.3 Å². The van der Waals surface area contributed by atoms with Gasteiger partial charge in [0.1, 0.15) is 41.7 Å². The Morgan fingerprint density at radius 2 is 1.05 bits per heavy atom. The number of hydrogen-bond acceptors (Lipinski definition) is 8. The van der Waals surface area contributed by atoms with Crippen LogP contribution < -0.4 is 25.8 Å². The molecule has 64 heavy (non-hydrogen) atoms. The molecule has 0 aliphatic heterocycles. The molecule has 2 amide bonds. The first kappa shape index (κ1) is 56.0. The maximum Gasteiger partial charge on any atom is 0.407 e. The maximum absolute atomic E-state index is 11.7. The summed E-state index contributed by atoms with van der Waals surface area (Å²) in [6, 6.07) is 16.2. The van der Waals surface area contributed by atoms with Gasteiger partial charge in [0.05, 0.1) is 5.33 Å². The third-order valence-corrected chi connectivity index (χ3v) is 10.7. The molecule has 3 fully saturated rings. The second-order valence-corrected chi connectivity index (χ2v) is 19.1.